The van der Waals surface area contributed by atoms with Gasteiger partial charge in [0.15, 0.2) is 11.5 Å². The molecule has 0 spiro atoms. The molecule has 1 heterocycles. The van der Waals surface area contributed by atoms with Gasteiger partial charge in [-0.2, -0.15) is 0 Å². The Kier molecular flexibility index (Phi) is 3.68. The van der Waals surface area contributed by atoms with Crippen molar-refractivity contribution in [2.45, 2.75) is 0 Å². The summed E-state index contributed by atoms with van der Waals surface area (Å²) in [7, 11) is 4.59. The summed E-state index contributed by atoms with van der Waals surface area (Å²) in [6.07, 6.45) is 1.48. The summed E-state index contributed by atoms with van der Waals surface area (Å²) in [4.78, 5) is 4.20. The van der Waals surface area contributed by atoms with Crippen molar-refractivity contribution in [3.05, 3.63) is 22.3 Å². The maximum absolute atomic E-state index is 6.19. The van der Waals surface area contributed by atoms with Crippen LogP contribution in [-0.4, -0.2) is 26.3 Å². The maximum Gasteiger partial charge on any atom is 0.204 e. The van der Waals surface area contributed by atoms with Gasteiger partial charge in [-0.3, -0.25) is 4.98 Å². The van der Waals surface area contributed by atoms with Crippen LogP contribution >= 0.6 is 23.2 Å². The van der Waals surface area contributed by atoms with E-state index in [2.05, 4.69) is 4.98 Å². The van der Waals surface area contributed by atoms with Crippen LogP contribution in [0, 0.1) is 0 Å². The van der Waals surface area contributed by atoms with Crippen LogP contribution in [0.1, 0.15) is 0 Å². The van der Waals surface area contributed by atoms with E-state index in [1.807, 2.05) is 0 Å². The number of pyridine rings is 1. The zero-order valence-corrected chi connectivity index (χ0v) is 11.6. The predicted octanol–water partition coefficient (Wildman–Crippen LogP) is 3.57. The minimum atomic E-state index is 0.356. The molecule has 0 aliphatic heterocycles. The molecular formula is C12H11Cl2NO3. The number of ether oxygens (including phenoxy) is 3. The molecule has 1 aromatic carbocycles. The molecule has 0 atom stereocenters. The molecule has 0 saturated carbocycles. The molecule has 0 unspecified atom stereocenters. The summed E-state index contributed by atoms with van der Waals surface area (Å²) < 4.78 is 15.9. The van der Waals surface area contributed by atoms with Gasteiger partial charge in [-0.15, -0.1) is 0 Å². The first-order valence-corrected chi connectivity index (χ1v) is 5.82. The molecule has 0 bridgehead atoms. The van der Waals surface area contributed by atoms with E-state index in [1.54, 1.807) is 13.2 Å². The molecular weight excluding hydrogens is 277 g/mol. The number of hydrogen-bond acceptors (Lipinski definition) is 4. The van der Waals surface area contributed by atoms with E-state index < -0.39 is 0 Å². The molecule has 1 aromatic heterocycles. The van der Waals surface area contributed by atoms with Crippen molar-refractivity contribution >= 4 is 34.1 Å². The molecule has 0 amide bonds. The Hall–Kier alpha value is -1.39. The van der Waals surface area contributed by atoms with Gasteiger partial charge in [0.25, 0.3) is 0 Å². The highest BCUT2D eigenvalue weighted by Gasteiger charge is 2.19. The summed E-state index contributed by atoms with van der Waals surface area (Å²) in [6, 6.07) is 1.72. The van der Waals surface area contributed by atoms with Crippen molar-refractivity contribution in [3.63, 3.8) is 0 Å². The summed E-state index contributed by atoms with van der Waals surface area (Å²) in [5.74, 6) is 1.43. The van der Waals surface area contributed by atoms with Crippen molar-refractivity contribution < 1.29 is 14.2 Å². The van der Waals surface area contributed by atoms with Gasteiger partial charge < -0.3 is 14.2 Å². The molecule has 96 valence electrons. The van der Waals surface area contributed by atoms with Crippen LogP contribution in [0.4, 0.5) is 0 Å². The highest BCUT2D eigenvalue weighted by Crippen LogP contribution is 2.46. The third-order valence-corrected chi connectivity index (χ3v) is 3.33. The van der Waals surface area contributed by atoms with Crippen molar-refractivity contribution in [1.29, 1.82) is 0 Å². The zero-order valence-electron chi connectivity index (χ0n) is 10.1. The van der Waals surface area contributed by atoms with Gasteiger partial charge in [0.1, 0.15) is 0 Å². The molecule has 0 radical (unpaired) electrons. The average molecular weight is 288 g/mol. The van der Waals surface area contributed by atoms with Crippen molar-refractivity contribution in [2.24, 2.45) is 0 Å². The Bertz CT molecular complexity index is 602. The largest absolute Gasteiger partial charge is 0.493 e. The second-order valence-electron chi connectivity index (χ2n) is 3.46. The van der Waals surface area contributed by atoms with Gasteiger partial charge in [0.05, 0.1) is 42.3 Å². The van der Waals surface area contributed by atoms with E-state index >= 15 is 0 Å². The van der Waals surface area contributed by atoms with Crippen LogP contribution in [-0.2, 0) is 0 Å². The van der Waals surface area contributed by atoms with Crippen molar-refractivity contribution in [2.75, 3.05) is 21.3 Å². The normalized spacial score (nSPS) is 10.5. The number of fused-ring (bicyclic) bond motifs is 1. The minimum Gasteiger partial charge on any atom is -0.493 e. The summed E-state index contributed by atoms with van der Waals surface area (Å²) in [5, 5.41) is 1.33. The molecule has 2 aromatic rings. The van der Waals surface area contributed by atoms with Crippen LogP contribution in [0.25, 0.3) is 10.9 Å². The van der Waals surface area contributed by atoms with Gasteiger partial charge in [-0.05, 0) is 0 Å². The standard InChI is InChI=1S/C12H11Cl2NO3/c1-16-8-4-7-9(10(14)6(13)5-15-7)12(18-3)11(8)17-2/h4-5H,1-3H3. The third kappa shape index (κ3) is 1.91. The Morgan fingerprint density at radius 1 is 1.00 bits per heavy atom. The van der Waals surface area contributed by atoms with E-state index in [4.69, 9.17) is 37.4 Å². The lowest BCUT2D eigenvalue weighted by molar-refractivity contribution is 0.327. The number of rotatable bonds is 3. The summed E-state index contributed by atoms with van der Waals surface area (Å²) >= 11 is 12.1. The molecule has 0 aliphatic rings. The number of benzene rings is 1. The summed E-state index contributed by atoms with van der Waals surface area (Å²) in [5.41, 5.74) is 0.624. The first-order valence-electron chi connectivity index (χ1n) is 5.06. The lowest BCUT2D eigenvalue weighted by atomic mass is 10.1. The molecule has 0 N–H and O–H groups in total. The topological polar surface area (TPSA) is 40.6 Å². The highest BCUT2D eigenvalue weighted by molar-refractivity contribution is 6.45. The van der Waals surface area contributed by atoms with E-state index in [1.165, 1.54) is 20.4 Å². The van der Waals surface area contributed by atoms with Crippen molar-refractivity contribution in [1.82, 2.24) is 4.98 Å². The molecule has 0 saturated heterocycles. The fraction of sp³-hybridized carbons (Fsp3) is 0.250. The monoisotopic (exact) mass is 287 g/mol. The quantitative estimate of drug-likeness (QED) is 0.865. The van der Waals surface area contributed by atoms with E-state index in [9.17, 15) is 0 Å². The number of methoxy groups -OCH3 is 3. The number of hydrogen-bond donors (Lipinski definition) is 0. The van der Waals surface area contributed by atoms with Crippen molar-refractivity contribution in [3.8, 4) is 17.2 Å². The minimum absolute atomic E-state index is 0.356. The number of halogens is 2. The Morgan fingerprint density at radius 2 is 1.67 bits per heavy atom. The first kappa shape index (κ1) is 13.1. The molecule has 0 fully saturated rings. The average Bonchev–Trinajstić information content (AvgIpc) is 2.40. The molecule has 0 aliphatic carbocycles. The SMILES string of the molecule is COc1cc2ncc(Cl)c(Cl)c2c(OC)c1OC. The maximum atomic E-state index is 6.19. The van der Waals surface area contributed by atoms with Crippen LogP contribution in [0.5, 0.6) is 17.2 Å². The fourth-order valence-corrected chi connectivity index (χ4v) is 2.13. The molecule has 6 heteroatoms. The highest BCUT2D eigenvalue weighted by atomic mass is 35.5. The van der Waals surface area contributed by atoms with Gasteiger partial charge in [0, 0.05) is 12.3 Å². The van der Waals surface area contributed by atoms with Crippen LogP contribution in [0.2, 0.25) is 10.0 Å². The Morgan fingerprint density at radius 3 is 2.22 bits per heavy atom. The lowest BCUT2D eigenvalue weighted by Crippen LogP contribution is -1.97. The van der Waals surface area contributed by atoms with E-state index in [-0.39, 0.29) is 0 Å². The second kappa shape index (κ2) is 5.08. The van der Waals surface area contributed by atoms with Gasteiger partial charge >= 0.3 is 0 Å². The zero-order chi connectivity index (χ0) is 13.3. The van der Waals surface area contributed by atoms with Gasteiger partial charge in [0.2, 0.25) is 5.75 Å². The Labute approximate surface area is 114 Å². The fourth-order valence-electron chi connectivity index (χ4n) is 1.76. The van der Waals surface area contributed by atoms with E-state index in [0.717, 1.165) is 0 Å². The second-order valence-corrected chi connectivity index (χ2v) is 4.24. The molecule has 18 heavy (non-hydrogen) atoms. The summed E-state index contributed by atoms with van der Waals surface area (Å²) in [6.45, 7) is 0. The first-order chi connectivity index (χ1) is 8.63. The third-order valence-electron chi connectivity index (χ3n) is 2.56. The van der Waals surface area contributed by atoms with Gasteiger partial charge in [-0.25, -0.2) is 0 Å². The molecule has 4 nitrogen and oxygen atoms in total. The smallest absolute Gasteiger partial charge is 0.204 e. The Balaban J connectivity index is 2.93. The van der Waals surface area contributed by atoms with Crippen LogP contribution in [0.3, 0.4) is 0 Å². The van der Waals surface area contributed by atoms with Gasteiger partial charge in [-0.1, -0.05) is 23.2 Å². The van der Waals surface area contributed by atoms with Crippen LogP contribution in [0.15, 0.2) is 12.3 Å². The van der Waals surface area contributed by atoms with E-state index in [0.29, 0.717) is 38.2 Å². The predicted molar refractivity (Wildman–Crippen MR) is 71.4 cm³/mol. The number of nitrogens with zero attached hydrogens (tertiary/aromatic N) is 1. The van der Waals surface area contributed by atoms with Crippen LogP contribution < -0.4 is 14.2 Å². The lowest BCUT2D eigenvalue weighted by Gasteiger charge is -2.15. The number of aromatic nitrogens is 1. The molecule has 2 rings (SSSR count).